The van der Waals surface area contributed by atoms with Gasteiger partial charge in [0.2, 0.25) is 0 Å². The van der Waals surface area contributed by atoms with Crippen LogP contribution in [0.3, 0.4) is 0 Å². The van der Waals surface area contributed by atoms with E-state index in [9.17, 15) is 5.11 Å². The van der Waals surface area contributed by atoms with Crippen LogP contribution >= 0.6 is 11.6 Å². The topological polar surface area (TPSA) is 58.9 Å². The van der Waals surface area contributed by atoms with Crippen molar-refractivity contribution in [2.24, 2.45) is 0 Å². The Balaban J connectivity index is 2.43. The number of hydrogen-bond acceptors (Lipinski definition) is 4. The Morgan fingerprint density at radius 1 is 1.73 bits per heavy atom. The van der Waals surface area contributed by atoms with E-state index in [1.54, 1.807) is 0 Å². The van der Waals surface area contributed by atoms with Gasteiger partial charge in [-0.15, -0.1) is 0 Å². The molecule has 1 unspecified atom stereocenters. The molecule has 11 heavy (non-hydrogen) atoms. The molecule has 1 rings (SSSR count). The Labute approximate surface area is 69.7 Å². The van der Waals surface area contributed by atoms with Crippen molar-refractivity contribution >= 4 is 11.6 Å². The lowest BCUT2D eigenvalue weighted by molar-refractivity contribution is -0.156. The fourth-order valence-corrected chi connectivity index (χ4v) is 1.22. The van der Waals surface area contributed by atoms with Crippen LogP contribution in [0.5, 0.6) is 0 Å². The van der Waals surface area contributed by atoms with Crippen LogP contribution in [0.25, 0.3) is 0 Å². The molecule has 0 aromatic heterocycles. The van der Waals surface area contributed by atoms with Gasteiger partial charge < -0.3 is 19.7 Å². The second-order valence-electron chi connectivity index (χ2n) is 2.45. The molecule has 0 aromatic rings. The molecule has 0 amide bonds. The summed E-state index contributed by atoms with van der Waals surface area (Å²) < 4.78 is 9.79. The lowest BCUT2D eigenvalue weighted by atomic mass is 10.2. The Morgan fingerprint density at radius 3 is 2.64 bits per heavy atom. The van der Waals surface area contributed by atoms with Gasteiger partial charge in [-0.25, -0.2) is 0 Å². The average molecular weight is 183 g/mol. The third-order valence-corrected chi connectivity index (χ3v) is 1.92. The summed E-state index contributed by atoms with van der Waals surface area (Å²) in [7, 11) is 1.43. The summed E-state index contributed by atoms with van der Waals surface area (Å²) in [6.07, 6.45) is -1.58. The number of aliphatic hydroxyl groups is 2. The summed E-state index contributed by atoms with van der Waals surface area (Å²) in [6.45, 7) is 0. The molecule has 0 spiro atoms. The predicted molar refractivity (Wildman–Crippen MR) is 38.2 cm³/mol. The van der Waals surface area contributed by atoms with Crippen molar-refractivity contribution in [1.29, 1.82) is 0 Å². The number of rotatable bonds is 2. The molecule has 0 saturated carbocycles. The van der Waals surface area contributed by atoms with Crippen molar-refractivity contribution in [3.8, 4) is 0 Å². The zero-order valence-corrected chi connectivity index (χ0v) is 6.86. The average Bonchev–Trinajstić information content (AvgIpc) is 2.31. The molecule has 1 heterocycles. The second-order valence-corrected chi connectivity index (χ2v) is 2.90. The van der Waals surface area contributed by atoms with E-state index in [4.69, 9.17) is 26.2 Å². The first-order chi connectivity index (χ1) is 5.15. The van der Waals surface area contributed by atoms with Crippen molar-refractivity contribution in [1.82, 2.24) is 0 Å². The summed E-state index contributed by atoms with van der Waals surface area (Å²) in [5, 5.41) is 18.0. The summed E-state index contributed by atoms with van der Waals surface area (Å²) in [5.41, 5.74) is -1.08. The maximum absolute atomic E-state index is 9.19. The number of ether oxygens (including phenoxy) is 2. The fraction of sp³-hybridized carbons (Fsp3) is 1.00. The molecule has 4 atom stereocenters. The molecule has 1 aliphatic heterocycles. The van der Waals surface area contributed by atoms with Crippen molar-refractivity contribution in [2.45, 2.75) is 30.5 Å². The highest BCUT2D eigenvalue weighted by molar-refractivity contribution is 6.19. The van der Waals surface area contributed by atoms with Crippen LogP contribution in [0.1, 0.15) is 6.42 Å². The van der Waals surface area contributed by atoms with E-state index >= 15 is 0 Å². The van der Waals surface area contributed by atoms with E-state index in [1.807, 2.05) is 0 Å². The molecular formula is C6H11ClO4. The van der Waals surface area contributed by atoms with Gasteiger partial charge in [0.1, 0.15) is 12.2 Å². The van der Waals surface area contributed by atoms with Gasteiger partial charge in [0.25, 0.3) is 0 Å². The first-order valence-corrected chi connectivity index (χ1v) is 3.77. The molecule has 1 saturated heterocycles. The van der Waals surface area contributed by atoms with E-state index in [0.29, 0.717) is 6.42 Å². The molecule has 1 aliphatic rings. The third kappa shape index (κ3) is 2.04. The second kappa shape index (κ2) is 3.69. The highest BCUT2D eigenvalue weighted by Gasteiger charge is 2.36. The SMILES string of the molecule is CO[C@H]1O[C@H](C(O)Cl)C[C@H]1O. The standard InChI is InChI=1S/C6H11ClO4/c1-10-6-3(8)2-4(11-6)5(7)9/h3-6,8-9H,2H2,1H3/t3-,4+,5?,6+/m1/s1. The third-order valence-electron chi connectivity index (χ3n) is 1.64. The van der Waals surface area contributed by atoms with Gasteiger partial charge in [-0.2, -0.15) is 0 Å². The minimum atomic E-state index is -1.08. The van der Waals surface area contributed by atoms with E-state index in [1.165, 1.54) is 7.11 Å². The zero-order chi connectivity index (χ0) is 8.43. The van der Waals surface area contributed by atoms with E-state index < -0.39 is 24.1 Å². The molecule has 1 fully saturated rings. The van der Waals surface area contributed by atoms with Crippen molar-refractivity contribution < 1.29 is 19.7 Å². The van der Waals surface area contributed by atoms with Crippen molar-refractivity contribution in [2.75, 3.05) is 7.11 Å². The van der Waals surface area contributed by atoms with E-state index in [-0.39, 0.29) is 0 Å². The number of aliphatic hydroxyl groups excluding tert-OH is 2. The number of methoxy groups -OCH3 is 1. The smallest absolute Gasteiger partial charge is 0.183 e. The first kappa shape index (κ1) is 9.22. The summed E-state index contributed by atoms with van der Waals surface area (Å²) >= 11 is 5.34. The number of hydrogen-bond donors (Lipinski definition) is 2. The molecule has 0 radical (unpaired) electrons. The monoisotopic (exact) mass is 182 g/mol. The van der Waals surface area contributed by atoms with Gasteiger partial charge in [-0.3, -0.25) is 0 Å². The minimum Gasteiger partial charge on any atom is -0.388 e. The van der Waals surface area contributed by atoms with Crippen LogP contribution in [0.15, 0.2) is 0 Å². The first-order valence-electron chi connectivity index (χ1n) is 3.33. The van der Waals surface area contributed by atoms with Crippen LogP contribution in [0.2, 0.25) is 0 Å². The quantitative estimate of drug-likeness (QED) is 0.574. The van der Waals surface area contributed by atoms with E-state index in [0.717, 1.165) is 0 Å². The Bertz CT molecular complexity index is 130. The van der Waals surface area contributed by atoms with Gasteiger partial charge in [0, 0.05) is 13.5 Å². The largest absolute Gasteiger partial charge is 0.388 e. The van der Waals surface area contributed by atoms with Crippen molar-refractivity contribution in [3.63, 3.8) is 0 Å². The lowest BCUT2D eigenvalue weighted by Crippen LogP contribution is -2.23. The van der Waals surface area contributed by atoms with Crippen LogP contribution in [0.4, 0.5) is 0 Å². The van der Waals surface area contributed by atoms with Crippen molar-refractivity contribution in [3.05, 3.63) is 0 Å². The van der Waals surface area contributed by atoms with Crippen LogP contribution in [-0.2, 0) is 9.47 Å². The normalized spacial score (nSPS) is 40.9. The number of alkyl halides is 1. The summed E-state index contributed by atoms with van der Waals surface area (Å²) in [4.78, 5) is 0. The molecule has 4 nitrogen and oxygen atoms in total. The lowest BCUT2D eigenvalue weighted by Gasteiger charge is -2.12. The zero-order valence-electron chi connectivity index (χ0n) is 6.11. The van der Waals surface area contributed by atoms with Crippen LogP contribution in [0, 0.1) is 0 Å². The fourth-order valence-electron chi connectivity index (χ4n) is 1.06. The molecular weight excluding hydrogens is 172 g/mol. The highest BCUT2D eigenvalue weighted by atomic mass is 35.5. The van der Waals surface area contributed by atoms with Gasteiger partial charge in [-0.05, 0) is 0 Å². The Morgan fingerprint density at radius 2 is 2.36 bits per heavy atom. The molecule has 0 bridgehead atoms. The predicted octanol–water partition coefficient (Wildman–Crippen LogP) is -0.334. The minimum absolute atomic E-state index is 0.309. The Hall–Kier alpha value is 0.130. The van der Waals surface area contributed by atoms with Gasteiger partial charge in [0.15, 0.2) is 11.9 Å². The Kier molecular flexibility index (Phi) is 3.09. The highest BCUT2D eigenvalue weighted by Crippen LogP contribution is 2.24. The maximum Gasteiger partial charge on any atom is 0.183 e. The van der Waals surface area contributed by atoms with Gasteiger partial charge >= 0.3 is 0 Å². The molecule has 5 heteroatoms. The van der Waals surface area contributed by atoms with E-state index in [2.05, 4.69) is 0 Å². The number of halogens is 1. The summed E-state index contributed by atoms with van der Waals surface area (Å²) in [6, 6.07) is 0. The molecule has 2 N–H and O–H groups in total. The molecule has 66 valence electrons. The molecule has 0 aliphatic carbocycles. The maximum atomic E-state index is 9.19. The van der Waals surface area contributed by atoms with Gasteiger partial charge in [0.05, 0.1) is 0 Å². The summed E-state index contributed by atoms with van der Waals surface area (Å²) in [5.74, 6) is 0. The van der Waals surface area contributed by atoms with Gasteiger partial charge in [-0.1, -0.05) is 11.6 Å². The van der Waals surface area contributed by atoms with Crippen LogP contribution in [-0.4, -0.2) is 41.4 Å². The van der Waals surface area contributed by atoms with Crippen LogP contribution < -0.4 is 0 Å². The molecule has 0 aromatic carbocycles.